The highest BCUT2D eigenvalue weighted by Gasteiger charge is 2.23. The zero-order chi connectivity index (χ0) is 18.8. The molecule has 0 radical (unpaired) electrons. The van der Waals surface area contributed by atoms with Crippen molar-refractivity contribution in [3.8, 4) is 11.6 Å². The molecular formula is C20H22N2O4. The molecule has 1 aromatic heterocycles. The lowest BCUT2D eigenvalue weighted by molar-refractivity contribution is -0.152. The van der Waals surface area contributed by atoms with Gasteiger partial charge in [0.25, 0.3) is 5.91 Å². The topological polar surface area (TPSA) is 68.7 Å². The van der Waals surface area contributed by atoms with Crippen molar-refractivity contribution < 1.29 is 19.1 Å². The minimum absolute atomic E-state index is 0.246. The van der Waals surface area contributed by atoms with Gasteiger partial charge in [-0.3, -0.25) is 9.59 Å². The third-order valence-electron chi connectivity index (χ3n) is 4.44. The van der Waals surface area contributed by atoms with Crippen LogP contribution in [0.25, 0.3) is 0 Å². The fraction of sp³-hybridized carbons (Fsp3) is 0.350. The maximum absolute atomic E-state index is 12.2. The summed E-state index contributed by atoms with van der Waals surface area (Å²) in [6, 6.07) is 9.63. The van der Waals surface area contributed by atoms with Gasteiger partial charge < -0.3 is 14.4 Å². The number of hydrogen-bond acceptors (Lipinski definition) is 5. The second-order valence-corrected chi connectivity index (χ2v) is 6.68. The van der Waals surface area contributed by atoms with E-state index in [2.05, 4.69) is 4.98 Å². The highest BCUT2D eigenvalue weighted by molar-refractivity contribution is 5.83. The summed E-state index contributed by atoms with van der Waals surface area (Å²) in [6.07, 6.45) is 0.701. The molecule has 0 unspecified atom stereocenters. The van der Waals surface area contributed by atoms with Gasteiger partial charge in [0.2, 0.25) is 5.88 Å². The Kier molecular flexibility index (Phi) is 4.93. The molecule has 0 spiro atoms. The molecule has 1 aromatic carbocycles. The van der Waals surface area contributed by atoms with Gasteiger partial charge in [-0.2, -0.15) is 0 Å². The number of rotatable bonds is 4. The van der Waals surface area contributed by atoms with E-state index in [1.54, 1.807) is 21.0 Å². The second kappa shape index (κ2) is 7.15. The van der Waals surface area contributed by atoms with Crippen LogP contribution in [0.2, 0.25) is 0 Å². The molecule has 0 aliphatic carbocycles. The van der Waals surface area contributed by atoms with Crippen molar-refractivity contribution in [3.05, 3.63) is 52.7 Å². The van der Waals surface area contributed by atoms with Crippen molar-refractivity contribution in [1.29, 1.82) is 0 Å². The van der Waals surface area contributed by atoms with E-state index in [-0.39, 0.29) is 12.5 Å². The Bertz CT molecular complexity index is 861. The number of aryl methyl sites for hydroxylation is 1. The molecule has 0 saturated heterocycles. The predicted octanol–water partition coefficient (Wildman–Crippen LogP) is 2.82. The van der Waals surface area contributed by atoms with Crippen molar-refractivity contribution in [2.24, 2.45) is 0 Å². The molecule has 0 fully saturated rings. The minimum Gasteiger partial charge on any atom is -0.455 e. The van der Waals surface area contributed by atoms with E-state index in [0.717, 1.165) is 28.1 Å². The summed E-state index contributed by atoms with van der Waals surface area (Å²) in [4.78, 5) is 29.6. The zero-order valence-electron chi connectivity index (χ0n) is 15.4. The van der Waals surface area contributed by atoms with Gasteiger partial charge in [0, 0.05) is 31.8 Å². The summed E-state index contributed by atoms with van der Waals surface area (Å²) in [7, 11) is 3.24. The van der Waals surface area contributed by atoms with Crippen molar-refractivity contribution in [2.75, 3.05) is 20.7 Å². The summed E-state index contributed by atoms with van der Waals surface area (Å²) < 4.78 is 11.0. The molecule has 1 atom stereocenters. The molecule has 26 heavy (non-hydrogen) atoms. The molecule has 6 nitrogen and oxygen atoms in total. The van der Waals surface area contributed by atoms with E-state index in [1.807, 2.05) is 37.3 Å². The van der Waals surface area contributed by atoms with Crippen LogP contribution in [-0.4, -0.2) is 42.5 Å². The fourth-order valence-electron chi connectivity index (χ4n) is 2.72. The lowest BCUT2D eigenvalue weighted by Crippen LogP contribution is -2.28. The monoisotopic (exact) mass is 354 g/mol. The van der Waals surface area contributed by atoms with E-state index >= 15 is 0 Å². The van der Waals surface area contributed by atoms with Crippen molar-refractivity contribution in [3.63, 3.8) is 0 Å². The smallest absolute Gasteiger partial charge is 0.313 e. The van der Waals surface area contributed by atoms with Crippen LogP contribution in [0.5, 0.6) is 11.6 Å². The third kappa shape index (κ3) is 3.69. The number of hydrogen-bond donors (Lipinski definition) is 0. The number of amides is 1. The summed E-state index contributed by atoms with van der Waals surface area (Å²) >= 11 is 0. The zero-order valence-corrected chi connectivity index (χ0v) is 15.4. The van der Waals surface area contributed by atoms with Crippen LogP contribution in [0.15, 0.2) is 30.3 Å². The maximum Gasteiger partial charge on any atom is 0.313 e. The van der Waals surface area contributed by atoms with Gasteiger partial charge >= 0.3 is 5.97 Å². The molecule has 0 bridgehead atoms. The summed E-state index contributed by atoms with van der Waals surface area (Å²) in [6.45, 7) is 3.45. The number of carbonyl (C=O) groups is 2. The second-order valence-electron chi connectivity index (χ2n) is 6.68. The average Bonchev–Trinajstić information content (AvgIpc) is 2.62. The molecule has 1 amide bonds. The van der Waals surface area contributed by atoms with Gasteiger partial charge in [0.1, 0.15) is 5.75 Å². The van der Waals surface area contributed by atoms with E-state index in [9.17, 15) is 9.59 Å². The number of benzene rings is 1. The Hall–Kier alpha value is -2.89. The maximum atomic E-state index is 12.2. The van der Waals surface area contributed by atoms with Gasteiger partial charge in [0.05, 0.1) is 5.92 Å². The molecule has 136 valence electrons. The number of ether oxygens (including phenoxy) is 2. The fourth-order valence-corrected chi connectivity index (χ4v) is 2.72. The van der Waals surface area contributed by atoms with Gasteiger partial charge in [-0.15, -0.1) is 0 Å². The number of nitrogens with zero attached hydrogens (tertiary/aromatic N) is 2. The molecule has 0 saturated carbocycles. The largest absolute Gasteiger partial charge is 0.455 e. The summed E-state index contributed by atoms with van der Waals surface area (Å²) in [5.74, 6) is 0.258. The first-order valence-corrected chi connectivity index (χ1v) is 8.49. The number of pyridine rings is 1. The normalized spacial score (nSPS) is 13.1. The SMILES string of the molecule is Cc1ccc2c(n1)Oc1ccc([C@H](C)C(=O)OCC(=O)N(C)C)cc1C2. The van der Waals surface area contributed by atoms with Crippen molar-refractivity contribution in [1.82, 2.24) is 9.88 Å². The Labute approximate surface area is 152 Å². The molecular weight excluding hydrogens is 332 g/mol. The number of esters is 1. The van der Waals surface area contributed by atoms with E-state index in [0.29, 0.717) is 12.3 Å². The lowest BCUT2D eigenvalue weighted by Gasteiger charge is -2.21. The minimum atomic E-state index is -0.465. The van der Waals surface area contributed by atoms with Gasteiger partial charge in [-0.25, -0.2) is 4.98 Å². The highest BCUT2D eigenvalue weighted by atomic mass is 16.5. The summed E-state index contributed by atoms with van der Waals surface area (Å²) in [5, 5.41) is 0. The van der Waals surface area contributed by atoms with Crippen LogP contribution < -0.4 is 4.74 Å². The highest BCUT2D eigenvalue weighted by Crippen LogP contribution is 2.36. The van der Waals surface area contributed by atoms with Crippen LogP contribution in [0.1, 0.15) is 35.2 Å². The Morgan fingerprint density at radius 3 is 2.73 bits per heavy atom. The van der Waals surface area contributed by atoms with Crippen molar-refractivity contribution >= 4 is 11.9 Å². The van der Waals surface area contributed by atoms with Crippen LogP contribution in [0.3, 0.4) is 0 Å². The van der Waals surface area contributed by atoms with Crippen LogP contribution in [0, 0.1) is 6.92 Å². The van der Waals surface area contributed by atoms with E-state index in [1.165, 1.54) is 4.90 Å². The van der Waals surface area contributed by atoms with Gasteiger partial charge in [-0.1, -0.05) is 18.2 Å². The molecule has 1 aliphatic heterocycles. The molecule has 1 aliphatic rings. The Morgan fingerprint density at radius 1 is 1.23 bits per heavy atom. The quantitative estimate of drug-likeness (QED) is 0.674. The van der Waals surface area contributed by atoms with Crippen LogP contribution >= 0.6 is 0 Å². The molecule has 0 N–H and O–H groups in total. The van der Waals surface area contributed by atoms with E-state index < -0.39 is 11.9 Å². The standard InChI is InChI=1S/C20H22N2O4/c1-12-5-6-15-10-16-9-14(7-8-17(16)26-19(15)21-12)13(2)20(24)25-11-18(23)22(3)4/h5-9,13H,10-11H2,1-4H3/t13-/m0/s1. The van der Waals surface area contributed by atoms with Crippen LogP contribution in [0.4, 0.5) is 0 Å². The van der Waals surface area contributed by atoms with Crippen LogP contribution in [-0.2, 0) is 20.7 Å². The predicted molar refractivity (Wildman–Crippen MR) is 96.4 cm³/mol. The Balaban J connectivity index is 1.73. The van der Waals surface area contributed by atoms with Gasteiger partial charge in [0.15, 0.2) is 6.61 Å². The first-order chi connectivity index (χ1) is 12.3. The molecule has 2 aromatic rings. The number of carbonyl (C=O) groups excluding carboxylic acids is 2. The van der Waals surface area contributed by atoms with Crippen molar-refractivity contribution in [2.45, 2.75) is 26.2 Å². The first-order valence-electron chi connectivity index (χ1n) is 8.49. The Morgan fingerprint density at radius 2 is 2.00 bits per heavy atom. The number of likely N-dealkylation sites (N-methyl/N-ethyl adjacent to an activating group) is 1. The van der Waals surface area contributed by atoms with E-state index in [4.69, 9.17) is 9.47 Å². The number of aromatic nitrogens is 1. The molecule has 6 heteroatoms. The molecule has 2 heterocycles. The third-order valence-corrected chi connectivity index (χ3v) is 4.44. The summed E-state index contributed by atoms with van der Waals surface area (Å²) in [5.41, 5.74) is 3.77. The number of fused-ring (bicyclic) bond motifs is 2. The van der Waals surface area contributed by atoms with Gasteiger partial charge in [-0.05, 0) is 37.1 Å². The molecule has 3 rings (SSSR count). The lowest BCUT2D eigenvalue weighted by atomic mass is 9.95. The first kappa shape index (κ1) is 17.9. The average molecular weight is 354 g/mol.